The van der Waals surface area contributed by atoms with Crippen LogP contribution in [0.5, 0.6) is 5.75 Å². The molecule has 0 radical (unpaired) electrons. The van der Waals surface area contributed by atoms with Gasteiger partial charge in [0.05, 0.1) is 25.0 Å². The van der Waals surface area contributed by atoms with Crippen molar-refractivity contribution < 1.29 is 18.7 Å². The van der Waals surface area contributed by atoms with E-state index in [0.717, 1.165) is 9.81 Å². The van der Waals surface area contributed by atoms with Crippen LogP contribution in [-0.4, -0.2) is 35.3 Å². The topological polar surface area (TPSA) is 71.5 Å². The molecular weight excluding hydrogens is 441 g/mol. The monoisotopic (exact) mass is 455 g/mol. The lowest BCUT2D eigenvalue weighted by Gasteiger charge is -2.33. The fourth-order valence-electron chi connectivity index (χ4n) is 3.80. The van der Waals surface area contributed by atoms with Gasteiger partial charge < -0.3 is 10.1 Å². The molecule has 2 aromatic carbocycles. The molecule has 1 saturated heterocycles. The zero-order chi connectivity index (χ0) is 21.7. The number of methoxy groups -OCH3 is 1. The van der Waals surface area contributed by atoms with Gasteiger partial charge in [-0.15, -0.1) is 11.8 Å². The largest absolute Gasteiger partial charge is 0.497 e. The van der Waals surface area contributed by atoms with Crippen molar-refractivity contribution in [2.75, 3.05) is 12.0 Å². The van der Waals surface area contributed by atoms with Crippen LogP contribution in [0, 0.1) is 5.82 Å². The molecule has 9 heteroatoms. The maximum Gasteiger partial charge on any atom is 0.329 e. The predicted octanol–water partition coefficient (Wildman–Crippen LogP) is 4.62. The number of thioether (sulfide) groups is 1. The third kappa shape index (κ3) is 3.23. The SMILES string of the molecule is COc1ccc(Cl)c(C2=CC3NC(=O)N(c4cncc5cccc(F)c45)C(=O)C3S2)c1. The first kappa shape index (κ1) is 19.8. The average molecular weight is 456 g/mol. The van der Waals surface area contributed by atoms with Gasteiger partial charge in [-0.1, -0.05) is 23.7 Å². The van der Waals surface area contributed by atoms with Gasteiger partial charge in [-0.25, -0.2) is 14.1 Å². The molecule has 1 fully saturated rings. The zero-order valence-corrected chi connectivity index (χ0v) is 17.7. The summed E-state index contributed by atoms with van der Waals surface area (Å²) in [4.78, 5) is 32.0. The maximum atomic E-state index is 14.6. The lowest BCUT2D eigenvalue weighted by molar-refractivity contribution is -0.118. The lowest BCUT2D eigenvalue weighted by Crippen LogP contribution is -2.60. The van der Waals surface area contributed by atoms with Crippen molar-refractivity contribution in [2.24, 2.45) is 0 Å². The van der Waals surface area contributed by atoms with Gasteiger partial charge in [0, 0.05) is 32.5 Å². The van der Waals surface area contributed by atoms with Gasteiger partial charge in [-0.05, 0) is 30.3 Å². The number of urea groups is 1. The highest BCUT2D eigenvalue weighted by molar-refractivity contribution is 8.09. The number of benzene rings is 2. The number of pyridine rings is 1. The van der Waals surface area contributed by atoms with Gasteiger partial charge in [-0.3, -0.25) is 9.78 Å². The van der Waals surface area contributed by atoms with Crippen LogP contribution in [0.2, 0.25) is 5.02 Å². The molecule has 1 N–H and O–H groups in total. The number of aromatic nitrogens is 1. The highest BCUT2D eigenvalue weighted by Gasteiger charge is 2.46. The number of carbonyl (C=O) groups is 2. The molecule has 3 amide bonds. The van der Waals surface area contributed by atoms with E-state index in [-0.39, 0.29) is 11.1 Å². The summed E-state index contributed by atoms with van der Waals surface area (Å²) in [6.07, 6.45) is 4.63. The second kappa shape index (κ2) is 7.55. The molecule has 3 aromatic rings. The summed E-state index contributed by atoms with van der Waals surface area (Å²) >= 11 is 7.66. The van der Waals surface area contributed by atoms with Crippen LogP contribution in [0.4, 0.5) is 14.9 Å². The quantitative estimate of drug-likeness (QED) is 0.624. The number of imide groups is 1. The van der Waals surface area contributed by atoms with Crippen molar-refractivity contribution in [3.8, 4) is 5.75 Å². The van der Waals surface area contributed by atoms with Crippen LogP contribution >= 0.6 is 23.4 Å². The summed E-state index contributed by atoms with van der Waals surface area (Å²) in [5.74, 6) is -0.342. The Bertz CT molecular complexity index is 1280. The van der Waals surface area contributed by atoms with E-state index in [1.807, 2.05) is 6.08 Å². The van der Waals surface area contributed by atoms with Crippen molar-refractivity contribution in [3.05, 3.63) is 71.3 Å². The van der Waals surface area contributed by atoms with E-state index in [1.165, 1.54) is 30.2 Å². The zero-order valence-electron chi connectivity index (χ0n) is 16.1. The third-order valence-corrected chi connectivity index (χ3v) is 6.95. The summed E-state index contributed by atoms with van der Waals surface area (Å²) in [6.45, 7) is 0. The number of ether oxygens (including phenoxy) is 1. The standard InChI is InChI=1S/C22H15ClFN3O3S/c1-30-12-5-6-14(23)13(7-12)18-8-16-20(31-18)21(28)27(22(29)26-16)17-10-25-9-11-3-2-4-15(24)19(11)17/h2-10,16,20H,1H3,(H,26,29). The Morgan fingerprint density at radius 1 is 1.23 bits per heavy atom. The van der Waals surface area contributed by atoms with Gasteiger partial charge in [-0.2, -0.15) is 0 Å². The number of nitrogens with one attached hydrogen (secondary N) is 1. The number of hydrogen-bond donors (Lipinski definition) is 1. The predicted molar refractivity (Wildman–Crippen MR) is 119 cm³/mol. The molecule has 156 valence electrons. The number of halogens is 2. The molecule has 3 heterocycles. The number of amides is 3. The minimum Gasteiger partial charge on any atom is -0.497 e. The van der Waals surface area contributed by atoms with E-state index < -0.39 is 29.0 Å². The van der Waals surface area contributed by atoms with Gasteiger partial charge >= 0.3 is 6.03 Å². The van der Waals surface area contributed by atoms with E-state index >= 15 is 0 Å². The van der Waals surface area contributed by atoms with E-state index in [2.05, 4.69) is 10.3 Å². The van der Waals surface area contributed by atoms with Crippen molar-refractivity contribution in [1.82, 2.24) is 10.3 Å². The molecule has 1 aromatic heterocycles. The molecule has 2 unspecified atom stereocenters. The Balaban J connectivity index is 1.52. The van der Waals surface area contributed by atoms with Crippen molar-refractivity contribution >= 4 is 56.7 Å². The molecule has 31 heavy (non-hydrogen) atoms. The number of fused-ring (bicyclic) bond motifs is 2. The first-order chi connectivity index (χ1) is 15.0. The molecular formula is C22H15ClFN3O3S. The first-order valence-electron chi connectivity index (χ1n) is 9.37. The Labute approximate surface area is 186 Å². The number of nitrogens with zero attached hydrogens (tertiary/aromatic N) is 2. The maximum absolute atomic E-state index is 14.6. The van der Waals surface area contributed by atoms with Gasteiger partial charge in [0.15, 0.2) is 0 Å². The molecule has 0 spiro atoms. The normalized spacial score (nSPS) is 20.5. The van der Waals surface area contributed by atoms with Gasteiger partial charge in [0.1, 0.15) is 16.8 Å². The smallest absolute Gasteiger partial charge is 0.329 e. The summed E-state index contributed by atoms with van der Waals surface area (Å²) < 4.78 is 19.9. The minimum absolute atomic E-state index is 0.116. The number of hydrogen-bond acceptors (Lipinski definition) is 5. The highest BCUT2D eigenvalue weighted by atomic mass is 35.5. The lowest BCUT2D eigenvalue weighted by atomic mass is 10.1. The molecule has 0 bridgehead atoms. The average Bonchev–Trinajstić information content (AvgIpc) is 3.18. The molecule has 0 aliphatic carbocycles. The van der Waals surface area contributed by atoms with Gasteiger partial charge in [0.2, 0.25) is 0 Å². The second-order valence-corrected chi connectivity index (χ2v) is 8.65. The molecule has 2 aliphatic rings. The molecule has 2 atom stereocenters. The summed E-state index contributed by atoms with van der Waals surface area (Å²) in [5.41, 5.74) is 0.830. The molecule has 6 nitrogen and oxygen atoms in total. The van der Waals surface area contributed by atoms with Crippen molar-refractivity contribution in [1.29, 1.82) is 0 Å². The first-order valence-corrected chi connectivity index (χ1v) is 10.6. The number of anilines is 1. The van der Waals surface area contributed by atoms with Gasteiger partial charge in [0.25, 0.3) is 5.91 Å². The van der Waals surface area contributed by atoms with E-state index in [4.69, 9.17) is 16.3 Å². The number of rotatable bonds is 3. The van der Waals surface area contributed by atoms with Crippen LogP contribution in [0.3, 0.4) is 0 Å². The van der Waals surface area contributed by atoms with Crippen LogP contribution in [-0.2, 0) is 4.79 Å². The van der Waals surface area contributed by atoms with Crippen LogP contribution in [0.1, 0.15) is 5.56 Å². The Morgan fingerprint density at radius 2 is 2.06 bits per heavy atom. The van der Waals surface area contributed by atoms with E-state index in [9.17, 15) is 14.0 Å². The number of carbonyl (C=O) groups excluding carboxylic acids is 2. The molecule has 0 saturated carbocycles. The van der Waals surface area contributed by atoms with Crippen LogP contribution in [0.15, 0.2) is 54.9 Å². The van der Waals surface area contributed by atoms with Crippen LogP contribution in [0.25, 0.3) is 15.7 Å². The highest BCUT2D eigenvalue weighted by Crippen LogP contribution is 2.45. The summed E-state index contributed by atoms with van der Waals surface area (Å²) in [6, 6.07) is 8.63. The Kier molecular flexibility index (Phi) is 4.83. The Morgan fingerprint density at radius 3 is 2.87 bits per heavy atom. The second-order valence-electron chi connectivity index (χ2n) is 7.06. The van der Waals surface area contributed by atoms with E-state index in [0.29, 0.717) is 21.7 Å². The molecule has 2 aliphatic heterocycles. The fraction of sp³-hybridized carbons (Fsp3) is 0.136. The van der Waals surface area contributed by atoms with E-state index in [1.54, 1.807) is 37.4 Å². The van der Waals surface area contributed by atoms with Crippen molar-refractivity contribution in [2.45, 2.75) is 11.3 Å². The minimum atomic E-state index is -0.626. The third-order valence-electron chi connectivity index (χ3n) is 5.26. The Hall–Kier alpha value is -3.10. The summed E-state index contributed by atoms with van der Waals surface area (Å²) in [5, 5.41) is 3.40. The molecule has 5 rings (SSSR count). The fourth-order valence-corrected chi connectivity index (χ4v) is 5.37. The van der Waals surface area contributed by atoms with Crippen LogP contribution < -0.4 is 15.0 Å². The summed E-state index contributed by atoms with van der Waals surface area (Å²) in [7, 11) is 1.56. The van der Waals surface area contributed by atoms with Crippen molar-refractivity contribution in [3.63, 3.8) is 0 Å².